The Hall–Kier alpha value is -1.11. The van der Waals surface area contributed by atoms with Gasteiger partial charge in [0.1, 0.15) is 0 Å². The van der Waals surface area contributed by atoms with Crippen LogP contribution in [0.2, 0.25) is 0 Å². The summed E-state index contributed by atoms with van der Waals surface area (Å²) in [5, 5.41) is 0. The van der Waals surface area contributed by atoms with E-state index in [-0.39, 0.29) is 0 Å². The Bertz CT molecular complexity index is 400. The highest BCUT2D eigenvalue weighted by Gasteiger charge is 2.40. The predicted octanol–water partition coefficient (Wildman–Crippen LogP) is 3.47. The lowest BCUT2D eigenvalue weighted by Crippen LogP contribution is -2.30. The van der Waals surface area contributed by atoms with Gasteiger partial charge in [0, 0.05) is 12.0 Å². The number of hydrogen-bond donors (Lipinski definition) is 0. The van der Waals surface area contributed by atoms with E-state index < -0.39 is 0 Å². The van der Waals surface area contributed by atoms with Gasteiger partial charge in [-0.15, -0.1) is 0 Å². The molecule has 1 heteroatoms. The van der Waals surface area contributed by atoms with Crippen LogP contribution in [0.4, 0.5) is 0 Å². The van der Waals surface area contributed by atoms with Crippen molar-refractivity contribution in [3.63, 3.8) is 0 Å². The highest BCUT2D eigenvalue weighted by molar-refractivity contribution is 5.99. The van der Waals surface area contributed by atoms with Crippen molar-refractivity contribution in [3.05, 3.63) is 35.4 Å². The molecule has 0 heterocycles. The molecule has 0 saturated heterocycles. The van der Waals surface area contributed by atoms with Crippen LogP contribution in [0.3, 0.4) is 0 Å². The van der Waals surface area contributed by atoms with Gasteiger partial charge < -0.3 is 0 Å². The molecule has 78 valence electrons. The number of carbonyl (C=O) groups is 1. The summed E-state index contributed by atoms with van der Waals surface area (Å²) in [6, 6.07) is 8.26. The molecule has 3 rings (SSSR count). The first kappa shape index (κ1) is 9.14. The van der Waals surface area contributed by atoms with Gasteiger partial charge in [0.2, 0.25) is 0 Å². The molecule has 0 unspecified atom stereocenters. The molecular weight excluding hydrogens is 184 g/mol. The predicted molar refractivity (Wildman–Crippen MR) is 60.2 cm³/mol. The van der Waals surface area contributed by atoms with Crippen molar-refractivity contribution in [1.29, 1.82) is 0 Å². The van der Waals surface area contributed by atoms with Gasteiger partial charge in [0.25, 0.3) is 0 Å². The van der Waals surface area contributed by atoms with Crippen LogP contribution in [0, 0.1) is 0 Å². The summed E-state index contributed by atoms with van der Waals surface area (Å²) >= 11 is 0. The number of fused-ring (bicyclic) bond motifs is 2. The molecule has 1 spiro atoms. The maximum absolute atomic E-state index is 11.8. The van der Waals surface area contributed by atoms with Gasteiger partial charge in [0.05, 0.1) is 0 Å². The molecule has 0 bridgehead atoms. The highest BCUT2D eigenvalue weighted by atomic mass is 16.1. The molecule has 1 fully saturated rings. The number of rotatable bonds is 0. The smallest absolute Gasteiger partial charge is 0.163 e. The number of benzene rings is 1. The third-order valence-corrected chi connectivity index (χ3v) is 4.19. The molecule has 1 saturated carbocycles. The lowest BCUT2D eigenvalue weighted by molar-refractivity contribution is 0.0951. The molecular formula is C14H16O. The van der Waals surface area contributed by atoms with E-state index in [1.54, 1.807) is 0 Å². The summed E-state index contributed by atoms with van der Waals surface area (Å²) in [6.45, 7) is 0. The minimum Gasteiger partial charge on any atom is -0.294 e. The van der Waals surface area contributed by atoms with Gasteiger partial charge in [-0.1, -0.05) is 37.1 Å². The lowest BCUT2D eigenvalue weighted by Gasteiger charge is -2.35. The first-order chi connectivity index (χ1) is 7.32. The van der Waals surface area contributed by atoms with E-state index in [4.69, 9.17) is 0 Å². The normalized spacial score (nSPS) is 23.1. The van der Waals surface area contributed by atoms with Gasteiger partial charge >= 0.3 is 0 Å². The first-order valence-electron chi connectivity index (χ1n) is 5.95. The Morgan fingerprint density at radius 3 is 2.53 bits per heavy atom. The molecule has 2 aliphatic rings. The topological polar surface area (TPSA) is 17.1 Å². The van der Waals surface area contributed by atoms with Crippen LogP contribution in [0.5, 0.6) is 0 Å². The van der Waals surface area contributed by atoms with E-state index in [2.05, 4.69) is 12.1 Å². The molecule has 1 aromatic rings. The molecule has 0 aliphatic heterocycles. The minimum atomic E-state index is 0.350. The van der Waals surface area contributed by atoms with Crippen molar-refractivity contribution < 1.29 is 4.79 Å². The second-order valence-corrected chi connectivity index (χ2v) is 4.96. The quantitative estimate of drug-likeness (QED) is 0.626. The third kappa shape index (κ3) is 1.26. The molecule has 0 atom stereocenters. The molecule has 0 aromatic heterocycles. The van der Waals surface area contributed by atoms with Crippen LogP contribution in [-0.2, 0) is 5.41 Å². The number of carbonyl (C=O) groups excluding carboxylic acids is 1. The fourth-order valence-corrected chi connectivity index (χ4v) is 3.38. The van der Waals surface area contributed by atoms with E-state index in [1.165, 1.54) is 31.2 Å². The van der Waals surface area contributed by atoms with Gasteiger partial charge in [-0.2, -0.15) is 0 Å². The summed E-state index contributed by atoms with van der Waals surface area (Å²) in [5.41, 5.74) is 2.72. The van der Waals surface area contributed by atoms with E-state index in [0.29, 0.717) is 11.2 Å². The summed E-state index contributed by atoms with van der Waals surface area (Å²) < 4.78 is 0. The molecule has 0 radical (unpaired) electrons. The average molecular weight is 200 g/mol. The van der Waals surface area contributed by atoms with E-state index >= 15 is 0 Å². The Labute approximate surface area is 90.5 Å². The van der Waals surface area contributed by atoms with Crippen LogP contribution < -0.4 is 0 Å². The van der Waals surface area contributed by atoms with Crippen molar-refractivity contribution in [3.8, 4) is 0 Å². The molecule has 1 nitrogen and oxygen atoms in total. The van der Waals surface area contributed by atoms with E-state index in [1.807, 2.05) is 12.1 Å². The van der Waals surface area contributed by atoms with Crippen molar-refractivity contribution in [2.75, 3.05) is 0 Å². The zero-order valence-corrected chi connectivity index (χ0v) is 8.96. The van der Waals surface area contributed by atoms with E-state index in [0.717, 1.165) is 18.4 Å². The summed E-state index contributed by atoms with van der Waals surface area (Å²) in [4.78, 5) is 11.8. The minimum absolute atomic E-state index is 0.350. The van der Waals surface area contributed by atoms with E-state index in [9.17, 15) is 4.79 Å². The number of Topliss-reactive ketones (excluding diaryl/α,β-unsaturated/α-hetero) is 1. The second kappa shape index (κ2) is 3.19. The Balaban J connectivity index is 2.15. The fraction of sp³-hybridized carbons (Fsp3) is 0.500. The maximum atomic E-state index is 11.8. The number of hydrogen-bond acceptors (Lipinski definition) is 1. The summed E-state index contributed by atoms with van der Waals surface area (Å²) in [6.07, 6.45) is 7.10. The SMILES string of the molecule is O=C1CCC2(CCCC2)c2ccccc21. The first-order valence-corrected chi connectivity index (χ1v) is 5.95. The van der Waals surface area contributed by atoms with Crippen molar-refractivity contribution >= 4 is 5.78 Å². The summed E-state index contributed by atoms with van der Waals surface area (Å²) in [7, 11) is 0. The van der Waals surface area contributed by atoms with Crippen molar-refractivity contribution in [1.82, 2.24) is 0 Å². The largest absolute Gasteiger partial charge is 0.294 e. The molecule has 15 heavy (non-hydrogen) atoms. The maximum Gasteiger partial charge on any atom is 0.163 e. The average Bonchev–Trinajstić information content (AvgIpc) is 2.74. The molecule has 1 aromatic carbocycles. The zero-order valence-electron chi connectivity index (χ0n) is 8.96. The fourth-order valence-electron chi connectivity index (χ4n) is 3.38. The lowest BCUT2D eigenvalue weighted by atomic mass is 9.68. The molecule has 2 aliphatic carbocycles. The van der Waals surface area contributed by atoms with Crippen LogP contribution in [0.1, 0.15) is 54.4 Å². The number of ketones is 1. The zero-order chi connectivity index (χ0) is 10.3. The monoisotopic (exact) mass is 200 g/mol. The van der Waals surface area contributed by atoms with Crippen molar-refractivity contribution in [2.45, 2.75) is 43.9 Å². The van der Waals surface area contributed by atoms with Crippen LogP contribution in [-0.4, -0.2) is 5.78 Å². The molecule has 0 N–H and O–H groups in total. The van der Waals surface area contributed by atoms with Gasteiger partial charge in [0.15, 0.2) is 5.78 Å². The highest BCUT2D eigenvalue weighted by Crippen LogP contribution is 2.48. The Morgan fingerprint density at radius 1 is 1.00 bits per heavy atom. The third-order valence-electron chi connectivity index (χ3n) is 4.19. The van der Waals surface area contributed by atoms with Crippen LogP contribution >= 0.6 is 0 Å². The molecule has 0 amide bonds. The van der Waals surface area contributed by atoms with Gasteiger partial charge in [-0.25, -0.2) is 0 Å². The van der Waals surface area contributed by atoms with Crippen molar-refractivity contribution in [2.24, 2.45) is 0 Å². The Morgan fingerprint density at radius 2 is 1.73 bits per heavy atom. The second-order valence-electron chi connectivity index (χ2n) is 4.96. The van der Waals surface area contributed by atoms with Crippen LogP contribution in [0.15, 0.2) is 24.3 Å². The van der Waals surface area contributed by atoms with Gasteiger partial charge in [-0.3, -0.25) is 4.79 Å². The van der Waals surface area contributed by atoms with Gasteiger partial charge in [-0.05, 0) is 30.2 Å². The standard InChI is InChI=1S/C14H16O/c15-13-7-10-14(8-3-4-9-14)12-6-2-1-5-11(12)13/h1-2,5-6H,3-4,7-10H2. The Kier molecular flexibility index (Phi) is 1.95. The van der Waals surface area contributed by atoms with Crippen LogP contribution in [0.25, 0.3) is 0 Å². The summed E-state index contributed by atoms with van der Waals surface area (Å²) in [5.74, 6) is 0.350.